The van der Waals surface area contributed by atoms with Crippen LogP contribution in [0.4, 0.5) is 0 Å². The number of unbranched alkanes of at least 4 members (excludes halogenated alkanes) is 5. The van der Waals surface area contributed by atoms with Gasteiger partial charge in [-0.1, -0.05) is 44.8 Å². The summed E-state index contributed by atoms with van der Waals surface area (Å²) in [7, 11) is 0. The van der Waals surface area contributed by atoms with Crippen LogP contribution in [0.3, 0.4) is 0 Å². The molecule has 0 fully saturated rings. The van der Waals surface area contributed by atoms with E-state index in [9.17, 15) is 0 Å². The summed E-state index contributed by atoms with van der Waals surface area (Å²) in [5.74, 6) is 0. The Kier molecular flexibility index (Phi) is 9.51. The minimum atomic E-state index is 0.939. The fourth-order valence-electron chi connectivity index (χ4n) is 1.10. The average molecular weight is 153 g/mol. The minimum absolute atomic E-state index is 0.939. The maximum atomic E-state index is 3.75. The van der Waals surface area contributed by atoms with E-state index < -0.39 is 0 Å². The van der Waals surface area contributed by atoms with Gasteiger partial charge < -0.3 is 0 Å². The predicted molar refractivity (Wildman–Crippen MR) is 52.5 cm³/mol. The SMILES string of the molecule is [CH2]CC=CCCCCCCC. The van der Waals surface area contributed by atoms with E-state index in [1.165, 1.54) is 38.5 Å². The summed E-state index contributed by atoms with van der Waals surface area (Å²) in [5, 5.41) is 0. The summed E-state index contributed by atoms with van der Waals surface area (Å²) in [6, 6.07) is 0. The van der Waals surface area contributed by atoms with Gasteiger partial charge in [-0.05, 0) is 26.2 Å². The van der Waals surface area contributed by atoms with Crippen molar-refractivity contribution < 1.29 is 0 Å². The van der Waals surface area contributed by atoms with E-state index in [-0.39, 0.29) is 0 Å². The first kappa shape index (κ1) is 10.7. The van der Waals surface area contributed by atoms with Crippen molar-refractivity contribution in [1.29, 1.82) is 0 Å². The maximum absolute atomic E-state index is 3.75. The predicted octanol–water partition coefficient (Wildman–Crippen LogP) is 4.13. The number of hydrogen-bond acceptors (Lipinski definition) is 0. The lowest BCUT2D eigenvalue weighted by Gasteiger charge is -1.95. The molecule has 0 aliphatic rings. The molecule has 1 radical (unpaired) electrons. The van der Waals surface area contributed by atoms with Gasteiger partial charge in [-0.25, -0.2) is 0 Å². The molecular formula is C11H21. The zero-order valence-electron chi connectivity index (χ0n) is 7.81. The van der Waals surface area contributed by atoms with Gasteiger partial charge in [0.2, 0.25) is 0 Å². The molecule has 0 amide bonds. The third-order valence-corrected chi connectivity index (χ3v) is 1.81. The van der Waals surface area contributed by atoms with Crippen LogP contribution in [0.5, 0.6) is 0 Å². The third-order valence-electron chi connectivity index (χ3n) is 1.81. The van der Waals surface area contributed by atoms with E-state index in [0.717, 1.165) is 6.42 Å². The van der Waals surface area contributed by atoms with Gasteiger partial charge in [-0.3, -0.25) is 0 Å². The van der Waals surface area contributed by atoms with Crippen LogP contribution < -0.4 is 0 Å². The van der Waals surface area contributed by atoms with E-state index in [1.54, 1.807) is 0 Å². The monoisotopic (exact) mass is 153 g/mol. The summed E-state index contributed by atoms with van der Waals surface area (Å²) < 4.78 is 0. The van der Waals surface area contributed by atoms with Gasteiger partial charge in [-0.2, -0.15) is 0 Å². The number of rotatable bonds is 7. The lowest BCUT2D eigenvalue weighted by molar-refractivity contribution is 0.637. The zero-order valence-corrected chi connectivity index (χ0v) is 7.81. The normalized spacial score (nSPS) is 11.1. The molecule has 0 N–H and O–H groups in total. The van der Waals surface area contributed by atoms with Gasteiger partial charge in [0.25, 0.3) is 0 Å². The second kappa shape index (κ2) is 9.74. The Bertz CT molecular complexity index is 82.0. The second-order valence-electron chi connectivity index (χ2n) is 2.96. The summed E-state index contributed by atoms with van der Waals surface area (Å²) in [6.45, 7) is 6.00. The first-order chi connectivity index (χ1) is 5.41. The molecule has 11 heavy (non-hydrogen) atoms. The molecule has 0 aromatic heterocycles. The average Bonchev–Trinajstić information content (AvgIpc) is 2.03. The quantitative estimate of drug-likeness (QED) is 0.381. The number of allylic oxidation sites excluding steroid dienone is 2. The first-order valence-electron chi connectivity index (χ1n) is 4.86. The molecule has 0 aliphatic carbocycles. The van der Waals surface area contributed by atoms with Crippen molar-refractivity contribution in [3.8, 4) is 0 Å². The van der Waals surface area contributed by atoms with Gasteiger partial charge in [0.1, 0.15) is 0 Å². The molecule has 0 aromatic rings. The van der Waals surface area contributed by atoms with Crippen LogP contribution in [0.15, 0.2) is 12.2 Å². The molecular weight excluding hydrogens is 132 g/mol. The largest absolute Gasteiger partial charge is 0.0885 e. The fraction of sp³-hybridized carbons (Fsp3) is 0.727. The molecule has 0 saturated heterocycles. The highest BCUT2D eigenvalue weighted by Gasteiger charge is 1.85. The molecule has 0 atom stereocenters. The Balaban J connectivity index is 2.85. The van der Waals surface area contributed by atoms with Crippen LogP contribution in [0.1, 0.15) is 51.9 Å². The lowest BCUT2D eigenvalue weighted by Crippen LogP contribution is -1.75. The van der Waals surface area contributed by atoms with Crippen molar-refractivity contribution >= 4 is 0 Å². The molecule has 0 aromatic carbocycles. The summed E-state index contributed by atoms with van der Waals surface area (Å²) >= 11 is 0. The van der Waals surface area contributed by atoms with Crippen LogP contribution in [0.25, 0.3) is 0 Å². The minimum Gasteiger partial charge on any atom is -0.0885 e. The highest BCUT2D eigenvalue weighted by molar-refractivity contribution is 4.81. The van der Waals surface area contributed by atoms with Gasteiger partial charge in [0.15, 0.2) is 0 Å². The van der Waals surface area contributed by atoms with Gasteiger partial charge in [0.05, 0.1) is 0 Å². The smallest absolute Gasteiger partial charge is 0.0351 e. The second-order valence-corrected chi connectivity index (χ2v) is 2.96. The van der Waals surface area contributed by atoms with E-state index in [1.807, 2.05) is 0 Å². The van der Waals surface area contributed by atoms with Crippen LogP contribution in [0, 0.1) is 6.92 Å². The molecule has 0 bridgehead atoms. The van der Waals surface area contributed by atoms with Crippen molar-refractivity contribution in [2.45, 2.75) is 51.9 Å². The molecule has 65 valence electrons. The standard InChI is InChI=1S/C11H21/c1-3-5-7-9-11-10-8-6-4-2/h5,7H,1,3-4,6,8-11H2,2H3. The Labute approximate surface area is 71.7 Å². The molecule has 0 saturated carbocycles. The zero-order chi connectivity index (χ0) is 8.36. The van der Waals surface area contributed by atoms with Crippen molar-refractivity contribution in [3.05, 3.63) is 19.1 Å². The maximum Gasteiger partial charge on any atom is -0.0351 e. The van der Waals surface area contributed by atoms with E-state index in [0.29, 0.717) is 0 Å². The molecule has 0 rings (SSSR count). The summed E-state index contributed by atoms with van der Waals surface area (Å²) in [4.78, 5) is 0. The summed E-state index contributed by atoms with van der Waals surface area (Å²) in [5.41, 5.74) is 0. The Morgan fingerprint density at radius 1 is 1.00 bits per heavy atom. The van der Waals surface area contributed by atoms with Gasteiger partial charge in [0, 0.05) is 0 Å². The third kappa shape index (κ3) is 9.74. The van der Waals surface area contributed by atoms with E-state index in [4.69, 9.17) is 0 Å². The Hall–Kier alpha value is -0.260. The highest BCUT2D eigenvalue weighted by atomic mass is 13.9. The van der Waals surface area contributed by atoms with Crippen molar-refractivity contribution in [1.82, 2.24) is 0 Å². The first-order valence-corrected chi connectivity index (χ1v) is 4.86. The van der Waals surface area contributed by atoms with Crippen molar-refractivity contribution in [2.75, 3.05) is 0 Å². The molecule has 0 heterocycles. The van der Waals surface area contributed by atoms with Crippen LogP contribution >= 0.6 is 0 Å². The van der Waals surface area contributed by atoms with Crippen LogP contribution in [0.2, 0.25) is 0 Å². The lowest BCUT2D eigenvalue weighted by atomic mass is 10.1. The topological polar surface area (TPSA) is 0 Å². The Morgan fingerprint density at radius 3 is 2.36 bits per heavy atom. The molecule has 0 heteroatoms. The molecule has 0 aliphatic heterocycles. The Morgan fingerprint density at radius 2 is 1.73 bits per heavy atom. The van der Waals surface area contributed by atoms with E-state index in [2.05, 4.69) is 26.0 Å². The number of hydrogen-bond donors (Lipinski definition) is 0. The van der Waals surface area contributed by atoms with Crippen molar-refractivity contribution in [2.24, 2.45) is 0 Å². The van der Waals surface area contributed by atoms with E-state index >= 15 is 0 Å². The molecule has 0 nitrogen and oxygen atoms in total. The fourth-order valence-corrected chi connectivity index (χ4v) is 1.10. The highest BCUT2D eigenvalue weighted by Crippen LogP contribution is 2.05. The summed E-state index contributed by atoms with van der Waals surface area (Å²) in [6.07, 6.45) is 13.5. The molecule has 0 spiro atoms. The van der Waals surface area contributed by atoms with Gasteiger partial charge in [-0.15, -0.1) is 0 Å². The van der Waals surface area contributed by atoms with Gasteiger partial charge >= 0.3 is 0 Å². The van der Waals surface area contributed by atoms with Crippen molar-refractivity contribution in [3.63, 3.8) is 0 Å². The molecule has 0 unspecified atom stereocenters. The van der Waals surface area contributed by atoms with Crippen LogP contribution in [-0.2, 0) is 0 Å². The van der Waals surface area contributed by atoms with Crippen LogP contribution in [-0.4, -0.2) is 0 Å².